The van der Waals surface area contributed by atoms with Gasteiger partial charge in [-0.2, -0.15) is 0 Å². The van der Waals surface area contributed by atoms with Gasteiger partial charge in [-0.15, -0.1) is 0 Å². The molecule has 17 heavy (non-hydrogen) atoms. The van der Waals surface area contributed by atoms with Crippen LogP contribution in [0.25, 0.3) is 0 Å². The van der Waals surface area contributed by atoms with Crippen LogP contribution in [0.1, 0.15) is 86.0 Å². The summed E-state index contributed by atoms with van der Waals surface area (Å²) in [7, 11) is 0. The van der Waals surface area contributed by atoms with Crippen molar-refractivity contribution in [1.82, 2.24) is 5.32 Å². The van der Waals surface area contributed by atoms with Gasteiger partial charge < -0.3 is 5.32 Å². The Balaban J connectivity index is 0. The van der Waals surface area contributed by atoms with E-state index in [2.05, 4.69) is 26.1 Å². The molecule has 0 aliphatic carbocycles. The summed E-state index contributed by atoms with van der Waals surface area (Å²) >= 11 is 0. The third-order valence-electron chi connectivity index (χ3n) is 3.04. The highest BCUT2D eigenvalue weighted by Gasteiger charge is 2.05. The van der Waals surface area contributed by atoms with Crippen molar-refractivity contribution in [3.05, 3.63) is 0 Å². The van der Waals surface area contributed by atoms with E-state index in [9.17, 15) is 0 Å². The molecule has 0 amide bonds. The molecule has 0 heterocycles. The maximum atomic E-state index is 3.47. The standard InChI is InChI=1S/C14H31N.C2H6/c1-4-9-14(10-5-2)11-7-8-13-15-12-6-3;1-2/h14-15H,4-13H2,1-3H3;1-2H3. The summed E-state index contributed by atoms with van der Waals surface area (Å²) < 4.78 is 0. The Bertz CT molecular complexity index is 106. The molecule has 0 spiro atoms. The van der Waals surface area contributed by atoms with Crippen molar-refractivity contribution in [3.8, 4) is 0 Å². The normalized spacial score (nSPS) is 10.2. The summed E-state index contributed by atoms with van der Waals surface area (Å²) in [6.07, 6.45) is 11.1. The second-order valence-corrected chi connectivity index (χ2v) is 4.69. The van der Waals surface area contributed by atoms with Gasteiger partial charge in [-0.25, -0.2) is 0 Å². The Labute approximate surface area is 111 Å². The predicted octanol–water partition coefficient (Wildman–Crippen LogP) is 5.40. The number of nitrogens with one attached hydrogen (secondary N) is 1. The van der Waals surface area contributed by atoms with Gasteiger partial charge in [-0.3, -0.25) is 0 Å². The lowest BCUT2D eigenvalue weighted by Gasteiger charge is -2.14. The molecule has 106 valence electrons. The Morgan fingerprint density at radius 2 is 1.29 bits per heavy atom. The van der Waals surface area contributed by atoms with Gasteiger partial charge in [0.2, 0.25) is 0 Å². The van der Waals surface area contributed by atoms with Gasteiger partial charge in [0.15, 0.2) is 0 Å². The van der Waals surface area contributed by atoms with Crippen LogP contribution in [0.2, 0.25) is 0 Å². The smallest absolute Gasteiger partial charge is 0.00489 e. The molecule has 1 nitrogen and oxygen atoms in total. The summed E-state index contributed by atoms with van der Waals surface area (Å²) in [6.45, 7) is 13.3. The van der Waals surface area contributed by atoms with Crippen LogP contribution in [0.3, 0.4) is 0 Å². The van der Waals surface area contributed by atoms with Crippen molar-refractivity contribution in [2.75, 3.05) is 13.1 Å². The minimum atomic E-state index is 1.01. The minimum absolute atomic E-state index is 1.01. The van der Waals surface area contributed by atoms with E-state index in [1.165, 1.54) is 64.5 Å². The molecule has 0 rings (SSSR count). The first-order chi connectivity index (χ1) is 8.35. The van der Waals surface area contributed by atoms with Gasteiger partial charge in [-0.05, 0) is 31.8 Å². The zero-order valence-electron chi connectivity index (χ0n) is 13.1. The predicted molar refractivity (Wildman–Crippen MR) is 81.7 cm³/mol. The number of hydrogen-bond donors (Lipinski definition) is 1. The monoisotopic (exact) mass is 243 g/mol. The van der Waals surface area contributed by atoms with Crippen LogP contribution in [0, 0.1) is 5.92 Å². The molecular weight excluding hydrogens is 206 g/mol. The molecule has 0 unspecified atom stereocenters. The Morgan fingerprint density at radius 3 is 1.76 bits per heavy atom. The van der Waals surface area contributed by atoms with E-state index in [-0.39, 0.29) is 0 Å². The minimum Gasteiger partial charge on any atom is -0.317 e. The number of unbranched alkanes of at least 4 members (excludes halogenated alkanes) is 1. The van der Waals surface area contributed by atoms with E-state index >= 15 is 0 Å². The molecule has 0 saturated carbocycles. The SMILES string of the molecule is CC.CCCNCCCCC(CCC)CCC. The molecular formula is C16H37N. The van der Waals surface area contributed by atoms with Crippen molar-refractivity contribution in [1.29, 1.82) is 0 Å². The molecule has 0 aliphatic heterocycles. The van der Waals surface area contributed by atoms with Crippen molar-refractivity contribution in [3.63, 3.8) is 0 Å². The van der Waals surface area contributed by atoms with E-state index in [4.69, 9.17) is 0 Å². The highest BCUT2D eigenvalue weighted by molar-refractivity contribution is 4.59. The van der Waals surface area contributed by atoms with Crippen LogP contribution in [-0.2, 0) is 0 Å². The quantitative estimate of drug-likeness (QED) is 0.479. The Morgan fingerprint density at radius 1 is 0.706 bits per heavy atom. The first-order valence-electron chi connectivity index (χ1n) is 8.05. The van der Waals surface area contributed by atoms with Crippen molar-refractivity contribution < 1.29 is 0 Å². The lowest BCUT2D eigenvalue weighted by Crippen LogP contribution is -2.16. The first-order valence-corrected chi connectivity index (χ1v) is 8.05. The number of hydrogen-bond acceptors (Lipinski definition) is 1. The van der Waals surface area contributed by atoms with Crippen molar-refractivity contribution >= 4 is 0 Å². The maximum Gasteiger partial charge on any atom is -0.00489 e. The second-order valence-electron chi connectivity index (χ2n) is 4.69. The Kier molecular flexibility index (Phi) is 20.8. The second kappa shape index (κ2) is 18.3. The molecule has 0 aromatic heterocycles. The van der Waals surface area contributed by atoms with Crippen LogP contribution in [-0.4, -0.2) is 13.1 Å². The van der Waals surface area contributed by atoms with Gasteiger partial charge in [0.1, 0.15) is 0 Å². The van der Waals surface area contributed by atoms with Crippen molar-refractivity contribution in [2.45, 2.75) is 86.0 Å². The summed E-state index contributed by atoms with van der Waals surface area (Å²) in [4.78, 5) is 0. The van der Waals surface area contributed by atoms with Crippen molar-refractivity contribution in [2.24, 2.45) is 5.92 Å². The average Bonchev–Trinajstić information content (AvgIpc) is 2.36. The van der Waals surface area contributed by atoms with Gasteiger partial charge >= 0.3 is 0 Å². The fraction of sp³-hybridized carbons (Fsp3) is 1.00. The highest BCUT2D eigenvalue weighted by Crippen LogP contribution is 2.19. The lowest BCUT2D eigenvalue weighted by atomic mass is 9.93. The van der Waals surface area contributed by atoms with Crippen LogP contribution in [0.4, 0.5) is 0 Å². The highest BCUT2D eigenvalue weighted by atomic mass is 14.8. The van der Waals surface area contributed by atoms with E-state index in [0.717, 1.165) is 5.92 Å². The molecule has 0 fully saturated rings. The molecule has 0 radical (unpaired) electrons. The zero-order valence-corrected chi connectivity index (χ0v) is 13.1. The molecule has 0 atom stereocenters. The van der Waals surface area contributed by atoms with Crippen LogP contribution < -0.4 is 5.32 Å². The summed E-state index contributed by atoms with van der Waals surface area (Å²) in [5, 5.41) is 3.47. The van der Waals surface area contributed by atoms with Gasteiger partial charge in [-0.1, -0.05) is 73.1 Å². The van der Waals surface area contributed by atoms with Gasteiger partial charge in [0.05, 0.1) is 0 Å². The molecule has 1 N–H and O–H groups in total. The summed E-state index contributed by atoms with van der Waals surface area (Å²) in [6, 6.07) is 0. The summed E-state index contributed by atoms with van der Waals surface area (Å²) in [5.41, 5.74) is 0. The lowest BCUT2D eigenvalue weighted by molar-refractivity contribution is 0.393. The fourth-order valence-electron chi connectivity index (χ4n) is 2.23. The van der Waals surface area contributed by atoms with E-state index in [1.807, 2.05) is 13.8 Å². The van der Waals surface area contributed by atoms with Gasteiger partial charge in [0.25, 0.3) is 0 Å². The molecule has 0 aliphatic rings. The van der Waals surface area contributed by atoms with E-state index < -0.39 is 0 Å². The molecule has 0 saturated heterocycles. The third kappa shape index (κ3) is 16.0. The average molecular weight is 243 g/mol. The topological polar surface area (TPSA) is 12.0 Å². The van der Waals surface area contributed by atoms with Crippen LogP contribution in [0.5, 0.6) is 0 Å². The molecule has 0 bridgehead atoms. The molecule has 0 aromatic carbocycles. The fourth-order valence-corrected chi connectivity index (χ4v) is 2.23. The zero-order chi connectivity index (χ0) is 13.4. The van der Waals surface area contributed by atoms with E-state index in [1.54, 1.807) is 0 Å². The molecule has 0 aromatic rings. The third-order valence-corrected chi connectivity index (χ3v) is 3.04. The maximum absolute atomic E-state index is 3.47. The Hall–Kier alpha value is -0.0400. The van der Waals surface area contributed by atoms with Crippen LogP contribution in [0.15, 0.2) is 0 Å². The van der Waals surface area contributed by atoms with Crippen LogP contribution >= 0.6 is 0 Å². The number of rotatable bonds is 11. The largest absolute Gasteiger partial charge is 0.317 e. The van der Waals surface area contributed by atoms with Gasteiger partial charge in [0, 0.05) is 0 Å². The van der Waals surface area contributed by atoms with E-state index in [0.29, 0.717) is 0 Å². The summed E-state index contributed by atoms with van der Waals surface area (Å²) in [5.74, 6) is 1.01. The first kappa shape index (κ1) is 19.3. The molecule has 1 heteroatoms.